The monoisotopic (exact) mass is 219 g/mol. The standard InChI is InChI=1S/C14H21NO/c1-11(16)5-6-12-7-8-13-4-3-9-15(2)14(13)10-12/h7-8,10-11,16H,3-6,9H2,1-2H3. The average molecular weight is 219 g/mol. The summed E-state index contributed by atoms with van der Waals surface area (Å²) in [4.78, 5) is 2.34. The molecule has 88 valence electrons. The normalized spacial score (nSPS) is 17.1. The van der Waals surface area contributed by atoms with E-state index in [4.69, 9.17) is 0 Å². The molecule has 0 aliphatic carbocycles. The van der Waals surface area contributed by atoms with Gasteiger partial charge in [0.15, 0.2) is 0 Å². The third-order valence-corrected chi connectivity index (χ3v) is 3.35. The van der Waals surface area contributed by atoms with Crippen molar-refractivity contribution in [1.82, 2.24) is 0 Å². The number of nitrogens with zero attached hydrogens (tertiary/aromatic N) is 1. The first-order valence-corrected chi connectivity index (χ1v) is 6.18. The fraction of sp³-hybridized carbons (Fsp3) is 0.571. The van der Waals surface area contributed by atoms with Gasteiger partial charge < -0.3 is 10.0 Å². The van der Waals surface area contributed by atoms with Crippen molar-refractivity contribution in [2.75, 3.05) is 18.5 Å². The fourth-order valence-corrected chi connectivity index (χ4v) is 2.33. The highest BCUT2D eigenvalue weighted by atomic mass is 16.3. The Balaban J connectivity index is 2.14. The average Bonchev–Trinajstić information content (AvgIpc) is 2.27. The fourth-order valence-electron chi connectivity index (χ4n) is 2.33. The molecule has 1 heterocycles. The molecule has 0 amide bonds. The number of hydrogen-bond donors (Lipinski definition) is 1. The summed E-state index contributed by atoms with van der Waals surface area (Å²) in [5.41, 5.74) is 4.19. The molecule has 1 aliphatic heterocycles. The van der Waals surface area contributed by atoms with E-state index in [0.717, 1.165) is 19.4 Å². The Morgan fingerprint density at radius 2 is 2.25 bits per heavy atom. The van der Waals surface area contributed by atoms with Gasteiger partial charge in [0.2, 0.25) is 0 Å². The second-order valence-electron chi connectivity index (χ2n) is 4.88. The Morgan fingerprint density at radius 1 is 1.44 bits per heavy atom. The van der Waals surface area contributed by atoms with Crippen LogP contribution in [0.15, 0.2) is 18.2 Å². The van der Waals surface area contributed by atoms with Crippen molar-refractivity contribution in [3.05, 3.63) is 29.3 Å². The molecule has 0 aromatic heterocycles. The largest absolute Gasteiger partial charge is 0.393 e. The summed E-state index contributed by atoms with van der Waals surface area (Å²) in [6.07, 6.45) is 4.09. The Morgan fingerprint density at radius 3 is 3.00 bits per heavy atom. The summed E-state index contributed by atoms with van der Waals surface area (Å²) in [5.74, 6) is 0. The van der Waals surface area contributed by atoms with E-state index < -0.39 is 0 Å². The van der Waals surface area contributed by atoms with Gasteiger partial charge in [-0.3, -0.25) is 0 Å². The molecule has 1 aromatic carbocycles. The summed E-state index contributed by atoms with van der Waals surface area (Å²) in [6.45, 7) is 3.01. The molecule has 0 fully saturated rings. The van der Waals surface area contributed by atoms with Crippen molar-refractivity contribution < 1.29 is 5.11 Å². The number of hydrogen-bond acceptors (Lipinski definition) is 2. The molecule has 0 spiro atoms. The lowest BCUT2D eigenvalue weighted by Gasteiger charge is -2.28. The summed E-state index contributed by atoms with van der Waals surface area (Å²) in [7, 11) is 2.16. The van der Waals surface area contributed by atoms with E-state index in [0.29, 0.717) is 0 Å². The van der Waals surface area contributed by atoms with Crippen molar-refractivity contribution >= 4 is 5.69 Å². The minimum absolute atomic E-state index is 0.200. The summed E-state index contributed by atoms with van der Waals surface area (Å²) < 4.78 is 0. The van der Waals surface area contributed by atoms with E-state index >= 15 is 0 Å². The lowest BCUT2D eigenvalue weighted by atomic mass is 9.98. The maximum absolute atomic E-state index is 9.29. The van der Waals surface area contributed by atoms with Crippen LogP contribution in [0.1, 0.15) is 30.9 Å². The number of fused-ring (bicyclic) bond motifs is 1. The highest BCUT2D eigenvalue weighted by molar-refractivity contribution is 5.56. The molecule has 1 aromatic rings. The SMILES string of the molecule is CC(O)CCc1ccc2c(c1)N(C)CCC2. The Bertz CT molecular complexity index is 360. The molecule has 1 aliphatic rings. The van der Waals surface area contributed by atoms with Gasteiger partial charge >= 0.3 is 0 Å². The lowest BCUT2D eigenvalue weighted by Crippen LogP contribution is -2.24. The van der Waals surface area contributed by atoms with E-state index in [9.17, 15) is 5.11 Å². The van der Waals surface area contributed by atoms with Crippen LogP contribution in [0.2, 0.25) is 0 Å². The molecule has 16 heavy (non-hydrogen) atoms. The molecule has 2 heteroatoms. The summed E-state index contributed by atoms with van der Waals surface area (Å²) >= 11 is 0. The second kappa shape index (κ2) is 4.88. The maximum Gasteiger partial charge on any atom is 0.0515 e. The molecule has 0 bridgehead atoms. The zero-order chi connectivity index (χ0) is 11.5. The van der Waals surface area contributed by atoms with Crippen molar-refractivity contribution in [2.24, 2.45) is 0 Å². The number of aryl methyl sites for hydroxylation is 2. The zero-order valence-corrected chi connectivity index (χ0v) is 10.2. The molecule has 0 saturated carbocycles. The van der Waals surface area contributed by atoms with Gasteiger partial charge in [0, 0.05) is 19.3 Å². The quantitative estimate of drug-likeness (QED) is 0.843. The predicted molar refractivity (Wildman–Crippen MR) is 68.0 cm³/mol. The molecule has 2 nitrogen and oxygen atoms in total. The van der Waals surface area contributed by atoms with E-state index in [1.54, 1.807) is 0 Å². The Hall–Kier alpha value is -1.02. The predicted octanol–water partition coefficient (Wildman–Crippen LogP) is 2.38. The number of anilines is 1. The lowest BCUT2D eigenvalue weighted by molar-refractivity contribution is 0.185. The third-order valence-electron chi connectivity index (χ3n) is 3.35. The van der Waals surface area contributed by atoms with Gasteiger partial charge in [-0.15, -0.1) is 0 Å². The number of aliphatic hydroxyl groups excluding tert-OH is 1. The highest BCUT2D eigenvalue weighted by Crippen LogP contribution is 2.27. The van der Waals surface area contributed by atoms with Crippen LogP contribution in [-0.4, -0.2) is 24.8 Å². The zero-order valence-electron chi connectivity index (χ0n) is 10.2. The van der Waals surface area contributed by atoms with Gasteiger partial charge in [-0.2, -0.15) is 0 Å². The minimum atomic E-state index is -0.200. The van der Waals surface area contributed by atoms with Gasteiger partial charge in [0.1, 0.15) is 0 Å². The van der Waals surface area contributed by atoms with Crippen LogP contribution in [0.3, 0.4) is 0 Å². The van der Waals surface area contributed by atoms with Crippen LogP contribution >= 0.6 is 0 Å². The minimum Gasteiger partial charge on any atom is -0.393 e. The van der Waals surface area contributed by atoms with Crippen LogP contribution in [-0.2, 0) is 12.8 Å². The van der Waals surface area contributed by atoms with Gasteiger partial charge in [-0.05, 0) is 49.8 Å². The Kier molecular flexibility index (Phi) is 3.49. The van der Waals surface area contributed by atoms with Crippen molar-refractivity contribution in [1.29, 1.82) is 0 Å². The van der Waals surface area contributed by atoms with Crippen molar-refractivity contribution in [3.63, 3.8) is 0 Å². The van der Waals surface area contributed by atoms with Gasteiger partial charge in [0.05, 0.1) is 6.10 Å². The molecule has 1 unspecified atom stereocenters. The smallest absolute Gasteiger partial charge is 0.0515 e. The first-order chi connectivity index (χ1) is 7.66. The van der Waals surface area contributed by atoms with Gasteiger partial charge in [-0.1, -0.05) is 12.1 Å². The second-order valence-corrected chi connectivity index (χ2v) is 4.88. The molecule has 2 rings (SSSR count). The summed E-state index contributed by atoms with van der Waals surface area (Å²) in [6, 6.07) is 6.75. The number of benzene rings is 1. The van der Waals surface area contributed by atoms with E-state index in [1.807, 2.05) is 6.92 Å². The first kappa shape index (κ1) is 11.5. The molecule has 0 saturated heterocycles. The van der Waals surface area contributed by atoms with Crippen LogP contribution in [0.4, 0.5) is 5.69 Å². The third kappa shape index (κ3) is 2.56. The topological polar surface area (TPSA) is 23.5 Å². The molecule has 0 radical (unpaired) electrons. The Labute approximate surface area is 97.9 Å². The van der Waals surface area contributed by atoms with Crippen molar-refractivity contribution in [2.45, 2.75) is 38.7 Å². The van der Waals surface area contributed by atoms with E-state index in [-0.39, 0.29) is 6.10 Å². The van der Waals surface area contributed by atoms with E-state index in [2.05, 4.69) is 30.1 Å². The number of aliphatic hydroxyl groups is 1. The van der Waals surface area contributed by atoms with Gasteiger partial charge in [0.25, 0.3) is 0 Å². The molecular formula is C14H21NO. The van der Waals surface area contributed by atoms with Crippen LogP contribution in [0.25, 0.3) is 0 Å². The molecule has 1 N–H and O–H groups in total. The molecule has 1 atom stereocenters. The number of rotatable bonds is 3. The highest BCUT2D eigenvalue weighted by Gasteiger charge is 2.13. The van der Waals surface area contributed by atoms with Gasteiger partial charge in [-0.25, -0.2) is 0 Å². The summed E-state index contributed by atoms with van der Waals surface area (Å²) in [5, 5.41) is 9.29. The van der Waals surface area contributed by atoms with Crippen LogP contribution < -0.4 is 4.90 Å². The van der Waals surface area contributed by atoms with Crippen LogP contribution in [0.5, 0.6) is 0 Å². The molecular weight excluding hydrogens is 198 g/mol. The maximum atomic E-state index is 9.29. The van der Waals surface area contributed by atoms with Crippen LogP contribution in [0, 0.1) is 0 Å². The first-order valence-electron chi connectivity index (χ1n) is 6.18. The van der Waals surface area contributed by atoms with E-state index in [1.165, 1.54) is 29.7 Å². The van der Waals surface area contributed by atoms with Crippen molar-refractivity contribution in [3.8, 4) is 0 Å².